The Kier molecular flexibility index (Phi) is 4.55. The summed E-state index contributed by atoms with van der Waals surface area (Å²) in [6.45, 7) is 4.29. The fourth-order valence-corrected chi connectivity index (χ4v) is 2.56. The number of alkyl halides is 3. The van der Waals surface area contributed by atoms with E-state index in [2.05, 4.69) is 5.32 Å². The van der Waals surface area contributed by atoms with Crippen molar-refractivity contribution in [2.24, 2.45) is 0 Å². The summed E-state index contributed by atoms with van der Waals surface area (Å²) in [5.41, 5.74) is 1.21. The summed E-state index contributed by atoms with van der Waals surface area (Å²) in [6.07, 6.45) is -5.07. The van der Waals surface area contributed by atoms with Crippen molar-refractivity contribution in [2.45, 2.75) is 25.6 Å². The quantitative estimate of drug-likeness (QED) is 0.897. The lowest BCUT2D eigenvalue weighted by Crippen LogP contribution is -2.46. The summed E-state index contributed by atoms with van der Waals surface area (Å²) in [5, 5.41) is 12.7. The van der Waals surface area contributed by atoms with Crippen LogP contribution in [0.25, 0.3) is 0 Å². The molecule has 0 aromatic heterocycles. The number of halogens is 3. The number of nitrogens with zero attached hydrogens (tertiary/aromatic N) is 1. The Hall–Kier alpha value is -1.27. The number of aryl methyl sites for hydroxylation is 1. The van der Waals surface area contributed by atoms with Gasteiger partial charge in [0.05, 0.1) is 6.42 Å². The minimum Gasteiger partial charge on any atom is -0.508 e. The summed E-state index contributed by atoms with van der Waals surface area (Å²) < 4.78 is 38.5. The summed E-state index contributed by atoms with van der Waals surface area (Å²) >= 11 is 0. The topological polar surface area (TPSA) is 35.5 Å². The van der Waals surface area contributed by atoms with Gasteiger partial charge in [0.2, 0.25) is 0 Å². The third-order valence-corrected chi connectivity index (χ3v) is 3.62. The van der Waals surface area contributed by atoms with Crippen LogP contribution >= 0.6 is 0 Å². The van der Waals surface area contributed by atoms with E-state index in [-0.39, 0.29) is 5.75 Å². The van der Waals surface area contributed by atoms with E-state index in [1.54, 1.807) is 19.1 Å². The first-order valence-electron chi connectivity index (χ1n) is 6.68. The molecule has 0 bridgehead atoms. The number of hydrogen-bond acceptors (Lipinski definition) is 3. The van der Waals surface area contributed by atoms with E-state index in [9.17, 15) is 18.3 Å². The highest BCUT2D eigenvalue weighted by Crippen LogP contribution is 2.35. The van der Waals surface area contributed by atoms with Crippen LogP contribution in [-0.4, -0.2) is 42.4 Å². The maximum atomic E-state index is 12.8. The minimum absolute atomic E-state index is 0.111. The molecule has 3 nitrogen and oxygen atoms in total. The summed E-state index contributed by atoms with van der Waals surface area (Å²) in [7, 11) is 0. The number of nitrogens with one attached hydrogen (secondary N) is 1. The van der Waals surface area contributed by atoms with Gasteiger partial charge in [0.25, 0.3) is 0 Å². The Morgan fingerprint density at radius 2 is 1.95 bits per heavy atom. The van der Waals surface area contributed by atoms with Gasteiger partial charge in [-0.2, -0.15) is 13.2 Å². The average molecular weight is 288 g/mol. The molecular formula is C14H19F3N2O. The molecule has 20 heavy (non-hydrogen) atoms. The van der Waals surface area contributed by atoms with Gasteiger partial charge in [0, 0.05) is 32.2 Å². The average Bonchev–Trinajstić information content (AvgIpc) is 2.39. The maximum absolute atomic E-state index is 12.8. The Labute approximate surface area is 116 Å². The molecule has 0 saturated carbocycles. The van der Waals surface area contributed by atoms with Crippen LogP contribution in [0.1, 0.15) is 23.6 Å². The highest BCUT2D eigenvalue weighted by atomic mass is 19.4. The van der Waals surface area contributed by atoms with Crippen LogP contribution in [-0.2, 0) is 0 Å². The smallest absolute Gasteiger partial charge is 0.390 e. The number of hydrogen-bond donors (Lipinski definition) is 2. The SMILES string of the molecule is Cc1cc([C@@H](CC(F)(F)F)N2CCNCC2)ccc1O. The number of phenols is 1. The fourth-order valence-electron chi connectivity index (χ4n) is 2.56. The van der Waals surface area contributed by atoms with Gasteiger partial charge in [-0.3, -0.25) is 4.90 Å². The van der Waals surface area contributed by atoms with Crippen molar-refractivity contribution in [3.05, 3.63) is 29.3 Å². The third kappa shape index (κ3) is 3.86. The second kappa shape index (κ2) is 6.01. The zero-order chi connectivity index (χ0) is 14.8. The molecule has 6 heteroatoms. The molecule has 1 aliphatic rings. The minimum atomic E-state index is -4.21. The van der Waals surface area contributed by atoms with E-state index in [1.165, 1.54) is 6.07 Å². The van der Waals surface area contributed by atoms with Gasteiger partial charge in [0.15, 0.2) is 0 Å². The van der Waals surface area contributed by atoms with E-state index < -0.39 is 18.6 Å². The lowest BCUT2D eigenvalue weighted by atomic mass is 9.98. The molecule has 1 fully saturated rings. The van der Waals surface area contributed by atoms with Crippen molar-refractivity contribution in [1.82, 2.24) is 10.2 Å². The normalized spacial score (nSPS) is 19.0. The van der Waals surface area contributed by atoms with E-state index >= 15 is 0 Å². The molecule has 0 radical (unpaired) electrons. The van der Waals surface area contributed by atoms with Gasteiger partial charge in [-0.25, -0.2) is 0 Å². The molecule has 0 unspecified atom stereocenters. The standard InChI is InChI=1S/C14H19F3N2O/c1-10-8-11(2-3-13(10)20)12(9-14(15,16)17)19-6-4-18-5-7-19/h2-3,8,12,18,20H,4-7,9H2,1H3/t12-/m1/s1. The zero-order valence-electron chi connectivity index (χ0n) is 11.4. The van der Waals surface area contributed by atoms with Crippen LogP contribution in [0.2, 0.25) is 0 Å². The number of rotatable bonds is 3. The summed E-state index contributed by atoms with van der Waals surface area (Å²) in [4.78, 5) is 1.86. The zero-order valence-corrected chi connectivity index (χ0v) is 11.4. The molecule has 1 saturated heterocycles. The molecule has 2 N–H and O–H groups in total. The lowest BCUT2D eigenvalue weighted by Gasteiger charge is -2.35. The maximum Gasteiger partial charge on any atom is 0.390 e. The van der Waals surface area contributed by atoms with E-state index in [0.717, 1.165) is 0 Å². The van der Waals surface area contributed by atoms with Crippen LogP contribution in [0.4, 0.5) is 13.2 Å². The van der Waals surface area contributed by atoms with Gasteiger partial charge in [-0.15, -0.1) is 0 Å². The first kappa shape index (κ1) is 15.1. The Morgan fingerprint density at radius 1 is 1.30 bits per heavy atom. The van der Waals surface area contributed by atoms with Gasteiger partial charge in [0.1, 0.15) is 5.75 Å². The van der Waals surface area contributed by atoms with E-state index in [1.807, 2.05) is 4.90 Å². The highest BCUT2D eigenvalue weighted by Gasteiger charge is 2.36. The van der Waals surface area contributed by atoms with Crippen LogP contribution < -0.4 is 5.32 Å². The lowest BCUT2D eigenvalue weighted by molar-refractivity contribution is -0.148. The van der Waals surface area contributed by atoms with Crippen LogP contribution in [0, 0.1) is 6.92 Å². The fraction of sp³-hybridized carbons (Fsp3) is 0.571. The molecule has 112 valence electrons. The Balaban J connectivity index is 2.26. The molecule has 1 heterocycles. The monoisotopic (exact) mass is 288 g/mol. The van der Waals surface area contributed by atoms with Crippen molar-refractivity contribution in [2.75, 3.05) is 26.2 Å². The second-order valence-electron chi connectivity index (χ2n) is 5.17. The first-order valence-corrected chi connectivity index (χ1v) is 6.68. The highest BCUT2D eigenvalue weighted by molar-refractivity contribution is 5.36. The second-order valence-corrected chi connectivity index (χ2v) is 5.17. The molecule has 2 rings (SSSR count). The molecule has 1 aliphatic heterocycles. The summed E-state index contributed by atoms with van der Waals surface area (Å²) in [5.74, 6) is 0.111. The molecule has 0 amide bonds. The first-order chi connectivity index (χ1) is 9.37. The van der Waals surface area contributed by atoms with Gasteiger partial charge in [-0.1, -0.05) is 12.1 Å². The number of benzene rings is 1. The number of piperazine rings is 1. The third-order valence-electron chi connectivity index (χ3n) is 3.62. The Bertz CT molecular complexity index is 456. The van der Waals surface area contributed by atoms with Crippen LogP contribution in [0.15, 0.2) is 18.2 Å². The largest absolute Gasteiger partial charge is 0.508 e. The molecule has 1 atom stereocenters. The van der Waals surface area contributed by atoms with Crippen LogP contribution in [0.3, 0.4) is 0 Å². The van der Waals surface area contributed by atoms with Crippen molar-refractivity contribution in [3.8, 4) is 5.75 Å². The molecule has 0 spiro atoms. The van der Waals surface area contributed by atoms with E-state index in [0.29, 0.717) is 37.3 Å². The van der Waals surface area contributed by atoms with Crippen molar-refractivity contribution in [1.29, 1.82) is 0 Å². The van der Waals surface area contributed by atoms with Gasteiger partial charge in [-0.05, 0) is 24.1 Å². The molecule has 1 aromatic carbocycles. The van der Waals surface area contributed by atoms with Gasteiger partial charge >= 0.3 is 6.18 Å². The number of phenolic OH excluding ortho intramolecular Hbond substituents is 1. The predicted octanol–water partition coefficient (Wildman–Crippen LogP) is 2.60. The summed E-state index contributed by atoms with van der Waals surface area (Å²) in [6, 6.07) is 4.02. The molecule has 0 aliphatic carbocycles. The van der Waals surface area contributed by atoms with Crippen molar-refractivity contribution < 1.29 is 18.3 Å². The van der Waals surface area contributed by atoms with Gasteiger partial charge < -0.3 is 10.4 Å². The van der Waals surface area contributed by atoms with E-state index in [4.69, 9.17) is 0 Å². The van der Waals surface area contributed by atoms with Crippen molar-refractivity contribution in [3.63, 3.8) is 0 Å². The molecular weight excluding hydrogens is 269 g/mol. The Morgan fingerprint density at radius 3 is 2.50 bits per heavy atom. The predicted molar refractivity (Wildman–Crippen MR) is 70.7 cm³/mol. The number of aromatic hydroxyl groups is 1. The van der Waals surface area contributed by atoms with Crippen molar-refractivity contribution >= 4 is 0 Å². The van der Waals surface area contributed by atoms with Crippen LogP contribution in [0.5, 0.6) is 5.75 Å². The molecule has 1 aromatic rings.